The SMILES string of the molecule is NS(=O)(=O)c1ccc(C(=O)N2C=Cc3cnc(C#CCc4ccccc4)cc3C2)cc1. The van der Waals surface area contributed by atoms with Gasteiger partial charge in [0.15, 0.2) is 0 Å². The van der Waals surface area contributed by atoms with Crippen LogP contribution >= 0.6 is 0 Å². The van der Waals surface area contributed by atoms with Gasteiger partial charge in [0, 0.05) is 24.4 Å². The molecule has 2 N–H and O–H groups in total. The van der Waals surface area contributed by atoms with Gasteiger partial charge in [-0.25, -0.2) is 18.5 Å². The molecule has 0 saturated carbocycles. The van der Waals surface area contributed by atoms with Crippen LogP contribution in [0.2, 0.25) is 0 Å². The number of nitrogens with zero attached hydrogens (tertiary/aromatic N) is 2. The van der Waals surface area contributed by atoms with E-state index < -0.39 is 10.0 Å². The molecule has 3 aromatic rings. The second-order valence-corrected chi connectivity index (χ2v) is 8.61. The summed E-state index contributed by atoms with van der Waals surface area (Å²) in [4.78, 5) is 18.8. The van der Waals surface area contributed by atoms with Crippen molar-refractivity contribution in [3.05, 3.63) is 101 Å². The molecule has 0 bridgehead atoms. The van der Waals surface area contributed by atoms with Gasteiger partial charge in [-0.3, -0.25) is 4.79 Å². The van der Waals surface area contributed by atoms with Gasteiger partial charge in [0.2, 0.25) is 10.0 Å². The topological polar surface area (TPSA) is 93.4 Å². The van der Waals surface area contributed by atoms with Crippen LogP contribution in [0.1, 0.15) is 32.7 Å². The molecule has 7 heteroatoms. The normalized spacial score (nSPS) is 12.6. The Morgan fingerprint density at radius 2 is 1.84 bits per heavy atom. The molecule has 1 aliphatic rings. The summed E-state index contributed by atoms with van der Waals surface area (Å²) in [6, 6.07) is 17.4. The minimum Gasteiger partial charge on any atom is -0.311 e. The second kappa shape index (κ2) is 8.56. The average molecular weight is 430 g/mol. The van der Waals surface area contributed by atoms with E-state index in [0.29, 0.717) is 24.2 Å². The highest BCUT2D eigenvalue weighted by Gasteiger charge is 2.19. The Hall–Kier alpha value is -3.73. The molecule has 0 fully saturated rings. The molecule has 0 saturated heterocycles. The number of primary sulfonamides is 1. The van der Waals surface area contributed by atoms with Crippen molar-refractivity contribution < 1.29 is 13.2 Å². The molecule has 2 aromatic carbocycles. The number of carbonyl (C=O) groups is 1. The molecular formula is C24H19N3O3S. The van der Waals surface area contributed by atoms with Crippen LogP contribution in [0.5, 0.6) is 0 Å². The maximum absolute atomic E-state index is 12.8. The summed E-state index contributed by atoms with van der Waals surface area (Å²) >= 11 is 0. The Morgan fingerprint density at radius 1 is 1.10 bits per heavy atom. The van der Waals surface area contributed by atoms with E-state index >= 15 is 0 Å². The van der Waals surface area contributed by atoms with Crippen molar-refractivity contribution in [3.8, 4) is 11.8 Å². The Labute approximate surface area is 181 Å². The number of fused-ring (bicyclic) bond motifs is 1. The number of sulfonamides is 1. The van der Waals surface area contributed by atoms with E-state index in [4.69, 9.17) is 5.14 Å². The Morgan fingerprint density at radius 3 is 2.55 bits per heavy atom. The van der Waals surface area contributed by atoms with E-state index in [1.165, 1.54) is 24.3 Å². The Balaban J connectivity index is 1.49. The summed E-state index contributed by atoms with van der Waals surface area (Å²) in [6.07, 6.45) is 5.91. The first kappa shape index (κ1) is 20.5. The van der Waals surface area contributed by atoms with Crippen LogP contribution < -0.4 is 5.14 Å². The van der Waals surface area contributed by atoms with Gasteiger partial charge in [-0.1, -0.05) is 36.3 Å². The van der Waals surface area contributed by atoms with Crippen molar-refractivity contribution in [2.45, 2.75) is 17.9 Å². The highest BCUT2D eigenvalue weighted by Crippen LogP contribution is 2.22. The van der Waals surface area contributed by atoms with E-state index in [9.17, 15) is 13.2 Å². The highest BCUT2D eigenvalue weighted by molar-refractivity contribution is 7.89. The molecule has 0 aliphatic carbocycles. The first-order chi connectivity index (χ1) is 14.9. The van der Waals surface area contributed by atoms with E-state index in [-0.39, 0.29) is 10.8 Å². The Bertz CT molecular complexity index is 1320. The number of hydrogen-bond acceptors (Lipinski definition) is 4. The lowest BCUT2D eigenvalue weighted by Gasteiger charge is -2.23. The fourth-order valence-electron chi connectivity index (χ4n) is 3.19. The van der Waals surface area contributed by atoms with Gasteiger partial charge >= 0.3 is 0 Å². The van der Waals surface area contributed by atoms with Crippen LogP contribution in [0.4, 0.5) is 0 Å². The van der Waals surface area contributed by atoms with Gasteiger partial charge in [0.05, 0.1) is 11.4 Å². The van der Waals surface area contributed by atoms with Crippen molar-refractivity contribution in [2.24, 2.45) is 5.14 Å². The van der Waals surface area contributed by atoms with Crippen molar-refractivity contribution in [1.29, 1.82) is 0 Å². The van der Waals surface area contributed by atoms with Crippen LogP contribution in [0.3, 0.4) is 0 Å². The lowest BCUT2D eigenvalue weighted by atomic mass is 10.0. The molecule has 0 spiro atoms. The molecule has 6 nitrogen and oxygen atoms in total. The lowest BCUT2D eigenvalue weighted by molar-refractivity contribution is 0.0813. The Kier molecular flexibility index (Phi) is 5.67. The molecule has 0 atom stereocenters. The number of rotatable bonds is 3. The smallest absolute Gasteiger partial charge is 0.258 e. The van der Waals surface area contributed by atoms with Crippen molar-refractivity contribution in [3.63, 3.8) is 0 Å². The van der Waals surface area contributed by atoms with Gasteiger partial charge in [-0.15, -0.1) is 0 Å². The molecule has 2 heterocycles. The monoisotopic (exact) mass is 429 g/mol. The number of benzene rings is 2. The van der Waals surface area contributed by atoms with Gasteiger partial charge < -0.3 is 4.90 Å². The van der Waals surface area contributed by atoms with Crippen LogP contribution in [0, 0.1) is 11.8 Å². The highest BCUT2D eigenvalue weighted by atomic mass is 32.2. The van der Waals surface area contributed by atoms with Gasteiger partial charge in [-0.05, 0) is 59.0 Å². The number of pyridine rings is 1. The predicted octanol–water partition coefficient (Wildman–Crippen LogP) is 2.95. The van der Waals surface area contributed by atoms with Crippen molar-refractivity contribution >= 4 is 22.0 Å². The number of amides is 1. The summed E-state index contributed by atoms with van der Waals surface area (Å²) in [5.41, 5.74) is 4.03. The molecule has 1 aromatic heterocycles. The van der Waals surface area contributed by atoms with Crippen molar-refractivity contribution in [1.82, 2.24) is 9.88 Å². The average Bonchev–Trinajstić information content (AvgIpc) is 2.78. The van der Waals surface area contributed by atoms with E-state index in [0.717, 1.165) is 16.7 Å². The van der Waals surface area contributed by atoms with Crippen LogP contribution in [-0.4, -0.2) is 24.2 Å². The summed E-state index contributed by atoms with van der Waals surface area (Å²) in [5, 5.41) is 5.11. The standard InChI is InChI=1S/C24H19N3O3S/c25-31(29,30)23-11-9-19(10-12-23)24(28)27-14-13-20-16-26-22(15-21(20)17-27)8-4-7-18-5-2-1-3-6-18/h1-3,5-6,9-16H,7,17H2,(H2,25,29,30). The van der Waals surface area contributed by atoms with E-state index in [1.807, 2.05) is 42.5 Å². The van der Waals surface area contributed by atoms with Gasteiger partial charge in [0.1, 0.15) is 5.69 Å². The third kappa shape index (κ3) is 4.89. The zero-order chi connectivity index (χ0) is 21.8. The molecular weight excluding hydrogens is 410 g/mol. The van der Waals surface area contributed by atoms with Crippen LogP contribution in [0.15, 0.2) is 78.0 Å². The molecule has 1 aliphatic heterocycles. The minimum atomic E-state index is -3.80. The fourth-order valence-corrected chi connectivity index (χ4v) is 3.71. The van der Waals surface area contributed by atoms with Crippen LogP contribution in [0.25, 0.3) is 6.08 Å². The molecule has 154 valence electrons. The van der Waals surface area contributed by atoms with Gasteiger partial charge in [0.25, 0.3) is 5.91 Å². The number of aromatic nitrogens is 1. The zero-order valence-electron chi connectivity index (χ0n) is 16.5. The summed E-state index contributed by atoms with van der Waals surface area (Å²) in [6.45, 7) is 0.373. The second-order valence-electron chi connectivity index (χ2n) is 7.05. The maximum atomic E-state index is 12.8. The third-order valence-electron chi connectivity index (χ3n) is 4.84. The van der Waals surface area contributed by atoms with Gasteiger partial charge in [-0.2, -0.15) is 0 Å². The van der Waals surface area contributed by atoms with Crippen molar-refractivity contribution in [2.75, 3.05) is 0 Å². The molecule has 31 heavy (non-hydrogen) atoms. The first-order valence-electron chi connectivity index (χ1n) is 9.54. The summed E-state index contributed by atoms with van der Waals surface area (Å²) < 4.78 is 22.8. The third-order valence-corrected chi connectivity index (χ3v) is 5.77. The fraction of sp³-hybridized carbons (Fsp3) is 0.0833. The molecule has 1 amide bonds. The molecule has 4 rings (SSSR count). The van der Waals surface area contributed by atoms with E-state index in [1.54, 1.807) is 17.3 Å². The minimum absolute atomic E-state index is 0.0339. The summed E-state index contributed by atoms with van der Waals surface area (Å²) in [5.74, 6) is 5.97. The largest absolute Gasteiger partial charge is 0.311 e. The van der Waals surface area contributed by atoms with E-state index in [2.05, 4.69) is 16.8 Å². The number of carbonyl (C=O) groups excluding carboxylic acids is 1. The molecule has 0 radical (unpaired) electrons. The first-order valence-corrected chi connectivity index (χ1v) is 11.1. The molecule has 0 unspecified atom stereocenters. The lowest BCUT2D eigenvalue weighted by Crippen LogP contribution is -2.27. The number of hydrogen-bond donors (Lipinski definition) is 1. The summed E-state index contributed by atoms with van der Waals surface area (Å²) in [7, 11) is -3.80. The number of nitrogens with two attached hydrogens (primary N) is 1. The quantitative estimate of drug-likeness (QED) is 0.648. The maximum Gasteiger partial charge on any atom is 0.258 e. The predicted molar refractivity (Wildman–Crippen MR) is 118 cm³/mol. The zero-order valence-corrected chi connectivity index (χ0v) is 17.3. The van der Waals surface area contributed by atoms with Crippen LogP contribution in [-0.2, 0) is 23.0 Å².